The predicted molar refractivity (Wildman–Crippen MR) is 185 cm³/mol. The number of rotatable bonds is 30. The van der Waals surface area contributed by atoms with Crippen LogP contribution in [0.2, 0.25) is 0 Å². The van der Waals surface area contributed by atoms with Crippen LogP contribution in [-0.2, 0) is 19.5 Å². The third-order valence-electron chi connectivity index (χ3n) is 9.30. The van der Waals surface area contributed by atoms with Crippen LogP contribution in [0.3, 0.4) is 0 Å². The van der Waals surface area contributed by atoms with E-state index < -0.39 is 0 Å². The lowest BCUT2D eigenvalue weighted by Gasteiger charge is -2.07. The van der Waals surface area contributed by atoms with Crippen LogP contribution in [0.25, 0.3) is 0 Å². The molecular weight excluding hydrogens is 508 g/mol. The zero-order valence-electron chi connectivity index (χ0n) is 28.4. The van der Waals surface area contributed by atoms with E-state index in [2.05, 4.69) is 65.7 Å². The molecule has 0 atom stereocenters. The molecule has 0 N–H and O–H groups in total. The molecule has 1 aromatic carbocycles. The Bertz CT molecular complexity index is 823. The summed E-state index contributed by atoms with van der Waals surface area (Å²) in [6, 6.07) is 11.1. The lowest BCUT2D eigenvalue weighted by molar-refractivity contribution is -0.703. The van der Waals surface area contributed by atoms with Crippen molar-refractivity contribution in [3.05, 3.63) is 54.1 Å². The average molecular weight is 580 g/mol. The monoisotopic (exact) mass is 580 g/mol. The van der Waals surface area contributed by atoms with Gasteiger partial charge >= 0.3 is 0 Å². The fourth-order valence-corrected chi connectivity index (χ4v) is 6.49. The van der Waals surface area contributed by atoms with Gasteiger partial charge in [0.1, 0.15) is 12.4 Å². The fraction of sp³-hybridized carbons (Fsp3) is 0.775. The van der Waals surface area contributed by atoms with Crippen molar-refractivity contribution in [2.75, 3.05) is 0 Å². The van der Waals surface area contributed by atoms with Crippen LogP contribution in [0.5, 0.6) is 0 Å². The maximum atomic E-state index is 2.56. The first-order valence-electron chi connectivity index (χ1n) is 19.0. The highest BCUT2D eigenvalue weighted by Crippen LogP contribution is 2.15. The van der Waals surface area contributed by atoms with Gasteiger partial charge in [-0.05, 0) is 31.2 Å². The zero-order chi connectivity index (χ0) is 29.8. The number of aromatic nitrogens is 2. The molecular formula is C40H71N2+. The minimum atomic E-state index is 1.05. The summed E-state index contributed by atoms with van der Waals surface area (Å²) in [6.07, 6.45) is 42.7. The molecule has 0 aliphatic rings. The van der Waals surface area contributed by atoms with Crippen LogP contribution < -0.4 is 4.57 Å². The average Bonchev–Trinajstić information content (AvgIpc) is 3.39. The summed E-state index contributed by atoms with van der Waals surface area (Å²) in [5.41, 5.74) is 1.43. The Kier molecular flexibility index (Phi) is 23.6. The summed E-state index contributed by atoms with van der Waals surface area (Å²) >= 11 is 0. The number of nitrogens with zero attached hydrogens (tertiary/aromatic N) is 2. The van der Waals surface area contributed by atoms with Gasteiger partial charge < -0.3 is 0 Å². The van der Waals surface area contributed by atoms with Crippen molar-refractivity contribution in [1.29, 1.82) is 0 Å². The summed E-state index contributed by atoms with van der Waals surface area (Å²) in [6.45, 7) is 6.95. The Hall–Kier alpha value is -1.57. The molecule has 0 amide bonds. The minimum absolute atomic E-state index is 1.05. The highest BCUT2D eigenvalue weighted by atomic mass is 15.1. The van der Waals surface area contributed by atoms with Gasteiger partial charge in [0.25, 0.3) is 5.82 Å². The van der Waals surface area contributed by atoms with E-state index in [1.54, 1.807) is 0 Å². The largest absolute Gasteiger partial charge is 0.260 e. The van der Waals surface area contributed by atoms with Gasteiger partial charge in [0.05, 0.1) is 19.5 Å². The molecule has 0 spiro atoms. The molecule has 0 radical (unpaired) electrons. The molecule has 0 unspecified atom stereocenters. The Labute approximate surface area is 263 Å². The van der Waals surface area contributed by atoms with Gasteiger partial charge in [0.2, 0.25) is 0 Å². The van der Waals surface area contributed by atoms with Crippen LogP contribution in [0.1, 0.15) is 192 Å². The molecule has 2 rings (SSSR count). The second kappa shape index (κ2) is 27.0. The van der Waals surface area contributed by atoms with Crippen molar-refractivity contribution in [3.63, 3.8) is 0 Å². The summed E-state index contributed by atoms with van der Waals surface area (Å²) in [5.74, 6) is 1.50. The number of hydrogen-bond acceptors (Lipinski definition) is 0. The third kappa shape index (κ3) is 18.9. The van der Waals surface area contributed by atoms with Gasteiger partial charge in [-0.3, -0.25) is 0 Å². The Morgan fingerprint density at radius 1 is 0.476 bits per heavy atom. The van der Waals surface area contributed by atoms with E-state index in [-0.39, 0.29) is 0 Å². The van der Waals surface area contributed by atoms with Gasteiger partial charge in [0, 0.05) is 0 Å². The molecule has 0 saturated heterocycles. The standard InChI is InChI=1S/C40H71N2/c1-3-5-7-9-11-13-15-16-17-18-20-22-24-26-31-35-42-37-36-41(40(42)38-39-32-28-27-29-33-39)34-30-25-23-21-19-14-12-10-8-6-4-2/h27-29,32-33,36-37H,3-26,30-31,34-35,38H2,1-2H3/q+1. The SMILES string of the molecule is CCCCCCCCCCCCCCCCCn1cc[n+](CCCCCCCCCCCCC)c1Cc1ccccc1. The number of aryl methyl sites for hydroxylation is 2. The maximum absolute atomic E-state index is 2.56. The van der Waals surface area contributed by atoms with E-state index >= 15 is 0 Å². The molecule has 0 aliphatic heterocycles. The Balaban J connectivity index is 1.59. The molecule has 240 valence electrons. The second-order valence-electron chi connectivity index (χ2n) is 13.2. The summed E-state index contributed by atoms with van der Waals surface area (Å²) in [5, 5.41) is 0. The molecule has 42 heavy (non-hydrogen) atoms. The first kappa shape index (κ1) is 36.6. The minimum Gasteiger partial charge on any atom is -0.234 e. The highest BCUT2D eigenvalue weighted by molar-refractivity contribution is 5.18. The predicted octanol–water partition coefficient (Wildman–Crippen LogP) is 12.5. The number of unbranched alkanes of at least 4 members (excludes halogenated alkanes) is 24. The van der Waals surface area contributed by atoms with Crippen LogP contribution in [0.4, 0.5) is 0 Å². The van der Waals surface area contributed by atoms with Gasteiger partial charge in [-0.15, -0.1) is 0 Å². The van der Waals surface area contributed by atoms with Crippen LogP contribution in [0.15, 0.2) is 42.7 Å². The van der Waals surface area contributed by atoms with Crippen LogP contribution >= 0.6 is 0 Å². The number of imidazole rings is 1. The van der Waals surface area contributed by atoms with Crippen molar-refractivity contribution in [3.8, 4) is 0 Å². The van der Waals surface area contributed by atoms with Gasteiger partial charge in [-0.25, -0.2) is 9.13 Å². The Morgan fingerprint density at radius 2 is 0.881 bits per heavy atom. The van der Waals surface area contributed by atoms with E-state index in [9.17, 15) is 0 Å². The molecule has 2 nitrogen and oxygen atoms in total. The third-order valence-corrected chi connectivity index (χ3v) is 9.30. The molecule has 1 heterocycles. The van der Waals surface area contributed by atoms with E-state index in [1.807, 2.05) is 0 Å². The first-order valence-corrected chi connectivity index (χ1v) is 19.0. The molecule has 2 heteroatoms. The highest BCUT2D eigenvalue weighted by Gasteiger charge is 2.17. The van der Waals surface area contributed by atoms with Crippen molar-refractivity contribution in [1.82, 2.24) is 4.57 Å². The molecule has 1 aromatic heterocycles. The molecule has 0 bridgehead atoms. The van der Waals surface area contributed by atoms with E-state index in [0.29, 0.717) is 0 Å². The topological polar surface area (TPSA) is 8.81 Å². The summed E-state index contributed by atoms with van der Waals surface area (Å²) in [7, 11) is 0. The smallest absolute Gasteiger partial charge is 0.234 e. The molecule has 0 fully saturated rings. The van der Waals surface area contributed by atoms with Crippen molar-refractivity contribution in [2.24, 2.45) is 0 Å². The van der Waals surface area contributed by atoms with Crippen LogP contribution in [0, 0.1) is 0 Å². The zero-order valence-corrected chi connectivity index (χ0v) is 28.4. The summed E-state index contributed by atoms with van der Waals surface area (Å²) < 4.78 is 5.12. The van der Waals surface area contributed by atoms with Crippen molar-refractivity contribution < 1.29 is 4.57 Å². The van der Waals surface area contributed by atoms with E-state index in [1.165, 1.54) is 191 Å². The van der Waals surface area contributed by atoms with E-state index in [0.717, 1.165) is 6.42 Å². The van der Waals surface area contributed by atoms with E-state index in [4.69, 9.17) is 0 Å². The second-order valence-corrected chi connectivity index (χ2v) is 13.2. The van der Waals surface area contributed by atoms with Crippen LogP contribution in [-0.4, -0.2) is 4.57 Å². The lowest BCUT2D eigenvalue weighted by Crippen LogP contribution is -2.37. The quantitative estimate of drug-likeness (QED) is 0.0643. The van der Waals surface area contributed by atoms with Crippen molar-refractivity contribution >= 4 is 0 Å². The summed E-state index contributed by atoms with van der Waals surface area (Å²) in [4.78, 5) is 0. The fourth-order valence-electron chi connectivity index (χ4n) is 6.49. The lowest BCUT2D eigenvalue weighted by atomic mass is 10.0. The maximum Gasteiger partial charge on any atom is 0.260 e. The normalized spacial score (nSPS) is 11.5. The molecule has 0 aliphatic carbocycles. The number of hydrogen-bond donors (Lipinski definition) is 0. The number of benzene rings is 1. The Morgan fingerprint density at radius 3 is 1.33 bits per heavy atom. The van der Waals surface area contributed by atoms with Gasteiger partial charge in [-0.1, -0.05) is 185 Å². The molecule has 0 saturated carbocycles. The first-order chi connectivity index (χ1) is 20.8. The molecule has 2 aromatic rings. The van der Waals surface area contributed by atoms with Crippen molar-refractivity contribution in [2.45, 2.75) is 200 Å². The van der Waals surface area contributed by atoms with Gasteiger partial charge in [0.15, 0.2) is 0 Å². The van der Waals surface area contributed by atoms with Gasteiger partial charge in [-0.2, -0.15) is 0 Å².